The summed E-state index contributed by atoms with van der Waals surface area (Å²) in [6.45, 7) is 8.93. The number of nitrogens with zero attached hydrogens (tertiary/aromatic N) is 1. The summed E-state index contributed by atoms with van der Waals surface area (Å²) in [7, 11) is 0. The Labute approximate surface area is 124 Å². The second-order valence-corrected chi connectivity index (χ2v) is 5.80. The molecule has 3 nitrogen and oxygen atoms in total. The van der Waals surface area contributed by atoms with Crippen molar-refractivity contribution < 1.29 is 4.74 Å². The fraction of sp³-hybridized carbons (Fsp3) is 0.600. The van der Waals surface area contributed by atoms with E-state index in [-0.39, 0.29) is 0 Å². The Hall–Kier alpha value is -0.580. The molecule has 1 heterocycles. The van der Waals surface area contributed by atoms with E-state index in [4.69, 9.17) is 4.74 Å². The molecule has 1 aliphatic heterocycles. The molecule has 0 saturated carbocycles. The SMILES string of the molecule is CCNCc1ccc(Br)cc1N1CCOCC1CC. The number of hydrogen-bond donors (Lipinski definition) is 1. The van der Waals surface area contributed by atoms with Crippen LogP contribution in [-0.4, -0.2) is 32.3 Å². The summed E-state index contributed by atoms with van der Waals surface area (Å²) < 4.78 is 6.75. The van der Waals surface area contributed by atoms with Crippen molar-refractivity contribution in [1.82, 2.24) is 5.32 Å². The van der Waals surface area contributed by atoms with Gasteiger partial charge < -0.3 is 15.0 Å². The van der Waals surface area contributed by atoms with Gasteiger partial charge in [0, 0.05) is 23.2 Å². The molecule has 2 rings (SSSR count). The van der Waals surface area contributed by atoms with Gasteiger partial charge in [-0.25, -0.2) is 0 Å². The second kappa shape index (κ2) is 7.27. The Balaban J connectivity index is 2.26. The zero-order valence-corrected chi connectivity index (χ0v) is 13.4. The van der Waals surface area contributed by atoms with Gasteiger partial charge in [0.15, 0.2) is 0 Å². The first kappa shape index (κ1) is 14.8. The first-order valence-electron chi connectivity index (χ1n) is 7.09. The number of hydrogen-bond acceptors (Lipinski definition) is 3. The highest BCUT2D eigenvalue weighted by Gasteiger charge is 2.23. The van der Waals surface area contributed by atoms with E-state index in [2.05, 4.69) is 58.2 Å². The van der Waals surface area contributed by atoms with Gasteiger partial charge >= 0.3 is 0 Å². The van der Waals surface area contributed by atoms with E-state index in [0.29, 0.717) is 6.04 Å². The number of rotatable bonds is 5. The molecule has 0 aromatic heterocycles. The molecule has 19 heavy (non-hydrogen) atoms. The van der Waals surface area contributed by atoms with Gasteiger partial charge in [0.25, 0.3) is 0 Å². The number of morpholine rings is 1. The lowest BCUT2D eigenvalue weighted by atomic mass is 10.1. The molecule has 1 atom stereocenters. The standard InChI is InChI=1S/C15H23BrN2O/c1-3-14-11-19-8-7-18(14)15-9-13(16)6-5-12(15)10-17-4-2/h5-6,9,14,17H,3-4,7-8,10-11H2,1-2H3. The highest BCUT2D eigenvalue weighted by Crippen LogP contribution is 2.29. The predicted octanol–water partition coefficient (Wildman–Crippen LogP) is 3.17. The van der Waals surface area contributed by atoms with Crippen molar-refractivity contribution in [2.45, 2.75) is 32.9 Å². The highest BCUT2D eigenvalue weighted by molar-refractivity contribution is 9.10. The average Bonchev–Trinajstić information content (AvgIpc) is 2.46. The van der Waals surface area contributed by atoms with Crippen LogP contribution < -0.4 is 10.2 Å². The van der Waals surface area contributed by atoms with Gasteiger partial charge in [-0.15, -0.1) is 0 Å². The van der Waals surface area contributed by atoms with Gasteiger partial charge in [0.1, 0.15) is 0 Å². The molecule has 0 aliphatic carbocycles. The molecule has 0 radical (unpaired) electrons. The summed E-state index contributed by atoms with van der Waals surface area (Å²) in [6, 6.07) is 7.06. The Kier molecular flexibility index (Phi) is 5.67. The number of nitrogens with one attached hydrogen (secondary N) is 1. The molecule has 1 aromatic rings. The van der Waals surface area contributed by atoms with Crippen LogP contribution in [0.15, 0.2) is 22.7 Å². The molecule has 1 saturated heterocycles. The van der Waals surface area contributed by atoms with E-state index in [1.54, 1.807) is 0 Å². The highest BCUT2D eigenvalue weighted by atomic mass is 79.9. The maximum atomic E-state index is 5.61. The quantitative estimate of drug-likeness (QED) is 0.899. The van der Waals surface area contributed by atoms with E-state index < -0.39 is 0 Å². The fourth-order valence-electron chi connectivity index (χ4n) is 2.52. The maximum absolute atomic E-state index is 5.61. The van der Waals surface area contributed by atoms with Crippen LogP contribution in [-0.2, 0) is 11.3 Å². The predicted molar refractivity (Wildman–Crippen MR) is 83.8 cm³/mol. The lowest BCUT2D eigenvalue weighted by molar-refractivity contribution is 0.0929. The summed E-state index contributed by atoms with van der Waals surface area (Å²) in [5, 5.41) is 3.42. The van der Waals surface area contributed by atoms with Crippen LogP contribution in [0.2, 0.25) is 0 Å². The van der Waals surface area contributed by atoms with Gasteiger partial charge in [-0.2, -0.15) is 0 Å². The molecular formula is C15H23BrN2O. The van der Waals surface area contributed by atoms with E-state index in [1.807, 2.05) is 0 Å². The molecule has 0 amide bonds. The molecule has 106 valence electrons. The van der Waals surface area contributed by atoms with Crippen molar-refractivity contribution in [1.29, 1.82) is 0 Å². The molecular weight excluding hydrogens is 304 g/mol. The van der Waals surface area contributed by atoms with E-state index >= 15 is 0 Å². The minimum Gasteiger partial charge on any atom is -0.377 e. The van der Waals surface area contributed by atoms with Gasteiger partial charge in [-0.05, 0) is 30.7 Å². The normalized spacial score (nSPS) is 19.7. The topological polar surface area (TPSA) is 24.5 Å². The zero-order chi connectivity index (χ0) is 13.7. The Morgan fingerprint density at radius 3 is 3.00 bits per heavy atom. The summed E-state index contributed by atoms with van der Waals surface area (Å²) >= 11 is 3.59. The van der Waals surface area contributed by atoms with Crippen molar-refractivity contribution in [3.8, 4) is 0 Å². The molecule has 1 aliphatic rings. The minimum absolute atomic E-state index is 0.489. The summed E-state index contributed by atoms with van der Waals surface area (Å²) in [4.78, 5) is 2.50. The van der Waals surface area contributed by atoms with Gasteiger partial charge in [0.2, 0.25) is 0 Å². The van der Waals surface area contributed by atoms with Crippen LogP contribution in [0.1, 0.15) is 25.8 Å². The van der Waals surface area contributed by atoms with Crippen LogP contribution >= 0.6 is 15.9 Å². The molecule has 4 heteroatoms. The molecule has 0 spiro atoms. The fourth-order valence-corrected chi connectivity index (χ4v) is 2.87. The van der Waals surface area contributed by atoms with Gasteiger partial charge in [-0.1, -0.05) is 35.8 Å². The Morgan fingerprint density at radius 1 is 1.42 bits per heavy atom. The van der Waals surface area contributed by atoms with Crippen LogP contribution in [0.4, 0.5) is 5.69 Å². The molecule has 1 fully saturated rings. The maximum Gasteiger partial charge on any atom is 0.0670 e. The van der Waals surface area contributed by atoms with Crippen LogP contribution in [0.3, 0.4) is 0 Å². The monoisotopic (exact) mass is 326 g/mol. The number of benzene rings is 1. The van der Waals surface area contributed by atoms with E-state index in [1.165, 1.54) is 11.3 Å². The van der Waals surface area contributed by atoms with E-state index in [0.717, 1.165) is 43.7 Å². The minimum atomic E-state index is 0.489. The number of halogens is 1. The summed E-state index contributed by atoms with van der Waals surface area (Å²) in [6.07, 6.45) is 1.12. The first-order valence-corrected chi connectivity index (χ1v) is 7.89. The smallest absolute Gasteiger partial charge is 0.0670 e. The largest absolute Gasteiger partial charge is 0.377 e. The molecule has 1 N–H and O–H groups in total. The van der Waals surface area contributed by atoms with Crippen LogP contribution in [0, 0.1) is 0 Å². The Bertz CT molecular complexity index is 411. The number of anilines is 1. The van der Waals surface area contributed by atoms with Crippen molar-refractivity contribution in [2.24, 2.45) is 0 Å². The van der Waals surface area contributed by atoms with E-state index in [9.17, 15) is 0 Å². The van der Waals surface area contributed by atoms with Crippen molar-refractivity contribution in [3.63, 3.8) is 0 Å². The first-order chi connectivity index (χ1) is 9.26. The van der Waals surface area contributed by atoms with Crippen molar-refractivity contribution in [2.75, 3.05) is 31.2 Å². The van der Waals surface area contributed by atoms with Crippen molar-refractivity contribution >= 4 is 21.6 Å². The zero-order valence-electron chi connectivity index (χ0n) is 11.8. The number of ether oxygens (including phenoxy) is 1. The lowest BCUT2D eigenvalue weighted by Gasteiger charge is -2.38. The third-order valence-electron chi connectivity index (χ3n) is 3.62. The lowest BCUT2D eigenvalue weighted by Crippen LogP contribution is -2.45. The van der Waals surface area contributed by atoms with Gasteiger partial charge in [-0.3, -0.25) is 0 Å². The summed E-state index contributed by atoms with van der Waals surface area (Å²) in [5.74, 6) is 0. The van der Waals surface area contributed by atoms with Crippen LogP contribution in [0.25, 0.3) is 0 Å². The molecule has 0 bridgehead atoms. The molecule has 1 unspecified atom stereocenters. The third-order valence-corrected chi connectivity index (χ3v) is 4.11. The Morgan fingerprint density at radius 2 is 2.26 bits per heavy atom. The third kappa shape index (κ3) is 3.71. The second-order valence-electron chi connectivity index (χ2n) is 4.88. The summed E-state index contributed by atoms with van der Waals surface area (Å²) in [5.41, 5.74) is 2.70. The van der Waals surface area contributed by atoms with Crippen LogP contribution in [0.5, 0.6) is 0 Å². The average molecular weight is 327 g/mol. The van der Waals surface area contributed by atoms with Gasteiger partial charge in [0.05, 0.1) is 19.3 Å². The molecule has 1 aromatic carbocycles. The van der Waals surface area contributed by atoms with Crippen molar-refractivity contribution in [3.05, 3.63) is 28.2 Å².